The summed E-state index contributed by atoms with van der Waals surface area (Å²) in [6, 6.07) is 13.4. The molecule has 3 aromatic rings. The van der Waals surface area contributed by atoms with Crippen LogP contribution in [0.3, 0.4) is 0 Å². The van der Waals surface area contributed by atoms with Crippen LogP contribution in [0.25, 0.3) is 16.8 Å². The van der Waals surface area contributed by atoms with Crippen LogP contribution in [0.5, 0.6) is 0 Å². The maximum atomic E-state index is 12.8. The van der Waals surface area contributed by atoms with Gasteiger partial charge in [-0.3, -0.25) is 9.78 Å². The summed E-state index contributed by atoms with van der Waals surface area (Å²) in [5, 5.41) is 4.73. The number of rotatable bonds is 3. The molecule has 1 N–H and O–H groups in total. The summed E-state index contributed by atoms with van der Waals surface area (Å²) in [6.45, 7) is 0. The Balaban J connectivity index is 1.77. The fraction of sp³-hybridized carbons (Fsp3) is 0. The standard InChI is InChI=1S/C18H13FN2O/c19-15-7-4-13(5-8-15)6-9-18(22)21-17-3-1-2-14-12-20-11-10-16(14)17/h1-12H,(H,21,22)/b9-6+. The molecule has 1 heterocycles. The number of halogens is 1. The molecule has 0 spiro atoms. The van der Waals surface area contributed by atoms with Gasteiger partial charge < -0.3 is 5.32 Å². The van der Waals surface area contributed by atoms with Crippen LogP contribution < -0.4 is 5.32 Å². The third-order valence-corrected chi connectivity index (χ3v) is 3.24. The van der Waals surface area contributed by atoms with Crippen molar-refractivity contribution in [1.29, 1.82) is 0 Å². The molecule has 0 radical (unpaired) electrons. The van der Waals surface area contributed by atoms with Crippen molar-refractivity contribution >= 4 is 28.4 Å². The van der Waals surface area contributed by atoms with Crippen molar-refractivity contribution in [1.82, 2.24) is 4.98 Å². The van der Waals surface area contributed by atoms with Crippen molar-refractivity contribution in [3.8, 4) is 0 Å². The first-order valence-corrected chi connectivity index (χ1v) is 6.80. The second-order valence-electron chi connectivity index (χ2n) is 4.78. The van der Waals surface area contributed by atoms with Crippen LogP contribution in [0.1, 0.15) is 5.56 Å². The van der Waals surface area contributed by atoms with Gasteiger partial charge in [0, 0.05) is 34.9 Å². The zero-order chi connectivity index (χ0) is 15.4. The molecule has 0 fully saturated rings. The minimum atomic E-state index is -0.300. The van der Waals surface area contributed by atoms with Crippen LogP contribution >= 0.6 is 0 Å². The number of fused-ring (bicyclic) bond motifs is 1. The maximum absolute atomic E-state index is 12.8. The van der Waals surface area contributed by atoms with E-state index in [4.69, 9.17) is 0 Å². The molecule has 2 aromatic carbocycles. The van der Waals surface area contributed by atoms with Gasteiger partial charge in [-0.25, -0.2) is 4.39 Å². The van der Waals surface area contributed by atoms with E-state index in [9.17, 15) is 9.18 Å². The van der Waals surface area contributed by atoms with Crippen LogP contribution in [-0.4, -0.2) is 10.9 Å². The fourth-order valence-electron chi connectivity index (χ4n) is 2.15. The van der Waals surface area contributed by atoms with Gasteiger partial charge >= 0.3 is 0 Å². The SMILES string of the molecule is O=C(/C=C/c1ccc(F)cc1)Nc1cccc2cnccc12. The molecule has 3 nitrogen and oxygen atoms in total. The second kappa shape index (κ2) is 6.18. The van der Waals surface area contributed by atoms with Crippen LogP contribution in [0, 0.1) is 5.82 Å². The number of benzene rings is 2. The predicted molar refractivity (Wildman–Crippen MR) is 85.8 cm³/mol. The van der Waals surface area contributed by atoms with Crippen molar-refractivity contribution in [2.75, 3.05) is 5.32 Å². The molecule has 0 aliphatic carbocycles. The zero-order valence-electron chi connectivity index (χ0n) is 11.7. The molecular formula is C18H13FN2O. The van der Waals surface area contributed by atoms with Crippen LogP contribution in [0.2, 0.25) is 0 Å². The third kappa shape index (κ3) is 3.17. The quantitative estimate of drug-likeness (QED) is 0.741. The summed E-state index contributed by atoms with van der Waals surface area (Å²) in [7, 11) is 0. The average Bonchev–Trinajstić information content (AvgIpc) is 2.55. The highest BCUT2D eigenvalue weighted by Crippen LogP contribution is 2.22. The van der Waals surface area contributed by atoms with Gasteiger partial charge in [0.25, 0.3) is 0 Å². The molecule has 22 heavy (non-hydrogen) atoms. The Morgan fingerprint density at radius 2 is 1.91 bits per heavy atom. The largest absolute Gasteiger partial charge is 0.322 e. The van der Waals surface area contributed by atoms with E-state index in [1.54, 1.807) is 30.6 Å². The van der Waals surface area contributed by atoms with Gasteiger partial charge in [-0.2, -0.15) is 0 Å². The van der Waals surface area contributed by atoms with Gasteiger partial charge in [0.1, 0.15) is 5.82 Å². The van der Waals surface area contributed by atoms with E-state index in [1.165, 1.54) is 18.2 Å². The highest BCUT2D eigenvalue weighted by molar-refractivity contribution is 6.07. The van der Waals surface area contributed by atoms with E-state index in [0.717, 1.165) is 22.0 Å². The van der Waals surface area contributed by atoms with Crippen LogP contribution in [-0.2, 0) is 4.79 Å². The van der Waals surface area contributed by atoms with Crippen molar-refractivity contribution in [3.05, 3.63) is 78.4 Å². The van der Waals surface area contributed by atoms with Crippen LogP contribution in [0.4, 0.5) is 10.1 Å². The second-order valence-corrected chi connectivity index (χ2v) is 4.78. The van der Waals surface area contributed by atoms with Crippen molar-refractivity contribution in [2.45, 2.75) is 0 Å². The molecule has 1 amide bonds. The van der Waals surface area contributed by atoms with Gasteiger partial charge in [-0.1, -0.05) is 24.3 Å². The minimum absolute atomic E-state index is 0.242. The number of carbonyl (C=O) groups excluding carboxylic acids is 1. The molecule has 0 saturated heterocycles. The maximum Gasteiger partial charge on any atom is 0.248 e. The lowest BCUT2D eigenvalue weighted by Crippen LogP contribution is -2.08. The number of amides is 1. The van der Waals surface area contributed by atoms with Gasteiger partial charge in [0.15, 0.2) is 0 Å². The zero-order valence-corrected chi connectivity index (χ0v) is 11.7. The molecule has 0 saturated carbocycles. The van der Waals surface area contributed by atoms with Gasteiger partial charge in [-0.05, 0) is 35.9 Å². The molecule has 3 rings (SSSR count). The van der Waals surface area contributed by atoms with E-state index >= 15 is 0 Å². The number of nitrogens with one attached hydrogen (secondary N) is 1. The summed E-state index contributed by atoms with van der Waals surface area (Å²) in [5.41, 5.74) is 1.49. The lowest BCUT2D eigenvalue weighted by atomic mass is 10.1. The molecule has 0 aliphatic rings. The van der Waals surface area contributed by atoms with Gasteiger partial charge in [0.05, 0.1) is 0 Å². The Morgan fingerprint density at radius 3 is 2.73 bits per heavy atom. The molecule has 1 aromatic heterocycles. The number of aromatic nitrogens is 1. The summed E-state index contributed by atoms with van der Waals surface area (Å²) in [4.78, 5) is 16.1. The Labute approximate surface area is 127 Å². The number of anilines is 1. The molecular weight excluding hydrogens is 279 g/mol. The number of hydrogen-bond acceptors (Lipinski definition) is 2. The number of carbonyl (C=O) groups is 1. The van der Waals surface area contributed by atoms with E-state index in [2.05, 4.69) is 10.3 Å². The normalized spacial score (nSPS) is 11.0. The lowest BCUT2D eigenvalue weighted by molar-refractivity contribution is -0.111. The van der Waals surface area contributed by atoms with Crippen LogP contribution in [0.15, 0.2) is 67.0 Å². The van der Waals surface area contributed by atoms with Gasteiger partial charge in [0.2, 0.25) is 5.91 Å². The minimum Gasteiger partial charge on any atom is -0.322 e. The topological polar surface area (TPSA) is 42.0 Å². The summed E-state index contributed by atoms with van der Waals surface area (Å²) in [5.74, 6) is -0.542. The first kappa shape index (κ1) is 13.9. The molecule has 108 valence electrons. The molecule has 0 atom stereocenters. The number of pyridine rings is 1. The van der Waals surface area contributed by atoms with E-state index in [-0.39, 0.29) is 11.7 Å². The number of hydrogen-bond donors (Lipinski definition) is 1. The van der Waals surface area contributed by atoms with E-state index in [0.29, 0.717) is 0 Å². The van der Waals surface area contributed by atoms with E-state index < -0.39 is 0 Å². The highest BCUT2D eigenvalue weighted by Gasteiger charge is 2.03. The Bertz CT molecular complexity index is 836. The first-order valence-electron chi connectivity index (χ1n) is 6.80. The molecule has 0 aliphatic heterocycles. The third-order valence-electron chi connectivity index (χ3n) is 3.24. The Hall–Kier alpha value is -3.01. The van der Waals surface area contributed by atoms with Gasteiger partial charge in [-0.15, -0.1) is 0 Å². The summed E-state index contributed by atoms with van der Waals surface area (Å²) >= 11 is 0. The average molecular weight is 292 g/mol. The Morgan fingerprint density at radius 1 is 1.09 bits per heavy atom. The fourth-order valence-corrected chi connectivity index (χ4v) is 2.15. The molecule has 0 unspecified atom stereocenters. The highest BCUT2D eigenvalue weighted by atomic mass is 19.1. The smallest absolute Gasteiger partial charge is 0.248 e. The predicted octanol–water partition coefficient (Wildman–Crippen LogP) is 4.03. The Kier molecular flexibility index (Phi) is 3.92. The van der Waals surface area contributed by atoms with Crippen molar-refractivity contribution in [2.24, 2.45) is 0 Å². The monoisotopic (exact) mass is 292 g/mol. The summed E-state index contributed by atoms with van der Waals surface area (Å²) in [6.07, 6.45) is 6.50. The van der Waals surface area contributed by atoms with E-state index in [1.807, 2.05) is 24.3 Å². The van der Waals surface area contributed by atoms with Crippen molar-refractivity contribution < 1.29 is 9.18 Å². The molecule has 0 bridgehead atoms. The number of nitrogens with zero attached hydrogens (tertiary/aromatic N) is 1. The summed E-state index contributed by atoms with van der Waals surface area (Å²) < 4.78 is 12.8. The van der Waals surface area contributed by atoms with Crippen molar-refractivity contribution in [3.63, 3.8) is 0 Å². The lowest BCUT2D eigenvalue weighted by Gasteiger charge is -2.06. The first-order chi connectivity index (χ1) is 10.7. The molecule has 4 heteroatoms.